The summed E-state index contributed by atoms with van der Waals surface area (Å²) in [6.45, 7) is 3.09. The predicted molar refractivity (Wildman–Crippen MR) is 114 cm³/mol. The van der Waals surface area contributed by atoms with Crippen LogP contribution in [-0.2, 0) is 4.74 Å². The van der Waals surface area contributed by atoms with Gasteiger partial charge in [0.05, 0.1) is 34.9 Å². The number of fused-ring (bicyclic) bond motifs is 2. The maximum absolute atomic E-state index is 6.24. The molecule has 5 rings (SSSR count). The standard InChI is InChI=1S/C23H22N4O2/c1-15-10-11-21(24-12-15)27-16(13-28-2)14-29-22-17(6-5-9-20(22)27)23-25-18-7-3-4-8-19(18)26-23/h3-12,16H,13-14H2,1-2H3,(H,25,26)/t16-/m0/s1. The molecule has 4 aromatic rings. The van der Waals surface area contributed by atoms with E-state index in [0.717, 1.165) is 45.2 Å². The minimum atomic E-state index is 0.0358. The van der Waals surface area contributed by atoms with Gasteiger partial charge in [-0.1, -0.05) is 24.3 Å². The molecule has 1 aliphatic rings. The molecule has 0 bridgehead atoms. The average molecular weight is 386 g/mol. The van der Waals surface area contributed by atoms with Gasteiger partial charge in [-0.15, -0.1) is 0 Å². The van der Waals surface area contributed by atoms with Crippen molar-refractivity contribution in [3.8, 4) is 17.1 Å². The number of imidazole rings is 1. The van der Waals surface area contributed by atoms with Crippen LogP contribution < -0.4 is 9.64 Å². The third kappa shape index (κ3) is 3.11. The van der Waals surface area contributed by atoms with Gasteiger partial charge in [-0.2, -0.15) is 0 Å². The van der Waals surface area contributed by atoms with Crippen LogP contribution in [0, 0.1) is 6.92 Å². The zero-order chi connectivity index (χ0) is 19.8. The number of pyridine rings is 1. The Kier molecular flexibility index (Phi) is 4.41. The minimum Gasteiger partial charge on any atom is -0.488 e. The van der Waals surface area contributed by atoms with Crippen molar-refractivity contribution >= 4 is 22.5 Å². The number of aromatic amines is 1. The Bertz CT molecular complexity index is 1120. The number of nitrogens with zero attached hydrogens (tertiary/aromatic N) is 3. The Hall–Kier alpha value is -3.38. The van der Waals surface area contributed by atoms with Gasteiger partial charge in [0.1, 0.15) is 18.2 Å². The summed E-state index contributed by atoms with van der Waals surface area (Å²) in [7, 11) is 1.71. The number of rotatable bonds is 4. The van der Waals surface area contributed by atoms with Crippen LogP contribution in [0.25, 0.3) is 22.4 Å². The quantitative estimate of drug-likeness (QED) is 0.560. The van der Waals surface area contributed by atoms with Crippen molar-refractivity contribution in [2.75, 3.05) is 25.2 Å². The molecule has 0 aliphatic carbocycles. The van der Waals surface area contributed by atoms with E-state index in [0.29, 0.717) is 13.2 Å². The third-order valence-corrected chi connectivity index (χ3v) is 5.19. The van der Waals surface area contributed by atoms with Crippen LogP contribution in [0.1, 0.15) is 5.56 Å². The molecule has 2 aromatic carbocycles. The van der Waals surface area contributed by atoms with Gasteiger partial charge >= 0.3 is 0 Å². The van der Waals surface area contributed by atoms with E-state index < -0.39 is 0 Å². The van der Waals surface area contributed by atoms with E-state index in [4.69, 9.17) is 14.5 Å². The molecule has 0 fully saturated rings. The fraction of sp³-hybridized carbons (Fsp3) is 0.217. The highest BCUT2D eigenvalue weighted by atomic mass is 16.5. The third-order valence-electron chi connectivity index (χ3n) is 5.19. The van der Waals surface area contributed by atoms with E-state index in [9.17, 15) is 0 Å². The molecule has 146 valence electrons. The molecular weight excluding hydrogens is 364 g/mol. The van der Waals surface area contributed by atoms with Gasteiger partial charge in [0, 0.05) is 13.3 Å². The van der Waals surface area contributed by atoms with Crippen molar-refractivity contribution in [2.45, 2.75) is 13.0 Å². The Morgan fingerprint density at radius 1 is 1.14 bits per heavy atom. The second-order valence-corrected chi connectivity index (χ2v) is 7.24. The number of benzene rings is 2. The van der Waals surface area contributed by atoms with E-state index in [2.05, 4.69) is 27.0 Å². The first kappa shape index (κ1) is 17.7. The average Bonchev–Trinajstić information content (AvgIpc) is 3.18. The first-order chi connectivity index (χ1) is 14.2. The number of methoxy groups -OCH3 is 1. The van der Waals surface area contributed by atoms with Gasteiger partial charge in [-0.05, 0) is 42.8 Å². The van der Waals surface area contributed by atoms with Crippen molar-refractivity contribution in [2.24, 2.45) is 0 Å². The van der Waals surface area contributed by atoms with Crippen LogP contribution in [0.3, 0.4) is 0 Å². The summed E-state index contributed by atoms with van der Waals surface area (Å²) in [6, 6.07) is 18.3. The molecule has 29 heavy (non-hydrogen) atoms. The van der Waals surface area contributed by atoms with E-state index >= 15 is 0 Å². The number of para-hydroxylation sites is 3. The smallest absolute Gasteiger partial charge is 0.154 e. The van der Waals surface area contributed by atoms with E-state index in [-0.39, 0.29) is 6.04 Å². The van der Waals surface area contributed by atoms with E-state index in [1.165, 1.54) is 0 Å². The summed E-state index contributed by atoms with van der Waals surface area (Å²) in [6.07, 6.45) is 1.89. The lowest BCUT2D eigenvalue weighted by Gasteiger charge is -2.38. The van der Waals surface area contributed by atoms with E-state index in [1.54, 1.807) is 7.11 Å². The van der Waals surface area contributed by atoms with E-state index in [1.807, 2.05) is 55.6 Å². The number of H-pyrrole nitrogens is 1. The lowest BCUT2D eigenvalue weighted by atomic mass is 10.1. The summed E-state index contributed by atoms with van der Waals surface area (Å²) in [5.74, 6) is 2.48. The molecule has 3 heterocycles. The minimum absolute atomic E-state index is 0.0358. The zero-order valence-corrected chi connectivity index (χ0v) is 16.4. The molecule has 0 unspecified atom stereocenters. The molecule has 2 aromatic heterocycles. The summed E-state index contributed by atoms with van der Waals surface area (Å²) < 4.78 is 11.7. The molecule has 0 spiro atoms. The Morgan fingerprint density at radius 3 is 2.83 bits per heavy atom. The predicted octanol–water partition coefficient (Wildman–Crippen LogP) is 4.48. The Balaban J connectivity index is 1.64. The highest BCUT2D eigenvalue weighted by Gasteiger charge is 2.32. The fourth-order valence-corrected chi connectivity index (χ4v) is 3.81. The number of nitrogens with one attached hydrogen (secondary N) is 1. The van der Waals surface area contributed by atoms with Crippen LogP contribution >= 0.6 is 0 Å². The van der Waals surface area contributed by atoms with Gasteiger partial charge in [0.25, 0.3) is 0 Å². The molecule has 1 atom stereocenters. The fourth-order valence-electron chi connectivity index (χ4n) is 3.81. The number of hydrogen-bond acceptors (Lipinski definition) is 5. The summed E-state index contributed by atoms with van der Waals surface area (Å²) >= 11 is 0. The lowest BCUT2D eigenvalue weighted by Crippen LogP contribution is -2.43. The summed E-state index contributed by atoms with van der Waals surface area (Å²) in [5, 5.41) is 0. The summed E-state index contributed by atoms with van der Waals surface area (Å²) in [4.78, 5) is 15.0. The maximum atomic E-state index is 6.24. The Labute approximate surface area is 169 Å². The van der Waals surface area contributed by atoms with Gasteiger partial charge in [0.15, 0.2) is 5.75 Å². The molecule has 1 N–H and O–H groups in total. The second-order valence-electron chi connectivity index (χ2n) is 7.24. The molecule has 6 heteroatoms. The van der Waals surface area contributed by atoms with Crippen molar-refractivity contribution < 1.29 is 9.47 Å². The lowest BCUT2D eigenvalue weighted by molar-refractivity contribution is 0.146. The molecule has 0 amide bonds. The van der Waals surface area contributed by atoms with Crippen LogP contribution in [-0.4, -0.2) is 41.3 Å². The number of aryl methyl sites for hydroxylation is 1. The largest absolute Gasteiger partial charge is 0.488 e. The van der Waals surface area contributed by atoms with Gasteiger partial charge < -0.3 is 19.4 Å². The van der Waals surface area contributed by atoms with Crippen LogP contribution in [0.15, 0.2) is 60.8 Å². The van der Waals surface area contributed by atoms with Gasteiger partial charge in [-0.25, -0.2) is 9.97 Å². The van der Waals surface area contributed by atoms with Crippen LogP contribution in [0.4, 0.5) is 11.5 Å². The zero-order valence-electron chi connectivity index (χ0n) is 16.4. The van der Waals surface area contributed by atoms with Gasteiger partial charge in [0.2, 0.25) is 0 Å². The van der Waals surface area contributed by atoms with Crippen molar-refractivity contribution in [1.82, 2.24) is 15.0 Å². The molecule has 0 saturated heterocycles. The molecule has 0 radical (unpaired) electrons. The normalized spacial score (nSPS) is 15.9. The van der Waals surface area contributed by atoms with Crippen molar-refractivity contribution in [3.05, 3.63) is 66.4 Å². The maximum Gasteiger partial charge on any atom is 0.154 e. The number of hydrogen-bond donors (Lipinski definition) is 1. The topological polar surface area (TPSA) is 63.3 Å². The second kappa shape index (κ2) is 7.22. The highest BCUT2D eigenvalue weighted by molar-refractivity contribution is 5.84. The van der Waals surface area contributed by atoms with Crippen molar-refractivity contribution in [3.63, 3.8) is 0 Å². The number of anilines is 2. The summed E-state index contributed by atoms with van der Waals surface area (Å²) in [5.41, 5.74) is 4.97. The van der Waals surface area contributed by atoms with Crippen molar-refractivity contribution in [1.29, 1.82) is 0 Å². The Morgan fingerprint density at radius 2 is 2.03 bits per heavy atom. The van der Waals surface area contributed by atoms with Crippen LogP contribution in [0.5, 0.6) is 5.75 Å². The first-order valence-electron chi connectivity index (χ1n) is 9.66. The van der Waals surface area contributed by atoms with Gasteiger partial charge in [-0.3, -0.25) is 0 Å². The molecular formula is C23H22N4O2. The number of aromatic nitrogens is 3. The molecule has 1 aliphatic heterocycles. The molecule has 0 saturated carbocycles. The monoisotopic (exact) mass is 386 g/mol. The first-order valence-corrected chi connectivity index (χ1v) is 9.66. The SMILES string of the molecule is COC[C@H]1COc2c(-c3nc4ccccc4[nH]3)cccc2N1c1ccc(C)cn1. The highest BCUT2D eigenvalue weighted by Crippen LogP contribution is 2.44. The molecule has 6 nitrogen and oxygen atoms in total. The number of ether oxygens (including phenoxy) is 2. The van der Waals surface area contributed by atoms with Crippen LogP contribution in [0.2, 0.25) is 0 Å².